The summed E-state index contributed by atoms with van der Waals surface area (Å²) < 4.78 is 11.4. The van der Waals surface area contributed by atoms with Crippen molar-refractivity contribution in [3.05, 3.63) is 57.8 Å². The van der Waals surface area contributed by atoms with Gasteiger partial charge in [-0.1, -0.05) is 6.07 Å². The van der Waals surface area contributed by atoms with E-state index in [1.807, 2.05) is 24.3 Å². The van der Waals surface area contributed by atoms with Gasteiger partial charge in [0.05, 0.1) is 12.7 Å². The molecule has 0 amide bonds. The normalized spacial score (nSPS) is 16.4. The molecule has 3 rings (SSSR count). The molecule has 0 aliphatic carbocycles. The number of carbonyl (C=O) groups is 1. The number of ether oxygens (including phenoxy) is 2. The van der Waals surface area contributed by atoms with Crippen molar-refractivity contribution in [2.75, 3.05) is 7.11 Å². The van der Waals surface area contributed by atoms with Gasteiger partial charge in [-0.25, -0.2) is 9.78 Å². The summed E-state index contributed by atoms with van der Waals surface area (Å²) in [4.78, 5) is 15.7. The Labute approximate surface area is 124 Å². The number of benzene rings is 1. The largest absolute Gasteiger partial charge is 0.485 e. The lowest BCUT2D eigenvalue weighted by Gasteiger charge is -2.11. The average molecular weight is 334 g/mol. The summed E-state index contributed by atoms with van der Waals surface area (Å²) >= 11 is 3.43. The Balaban J connectivity index is 1.89. The molecule has 0 N–H and O–H groups in total. The molecular weight excluding hydrogens is 322 g/mol. The van der Waals surface area contributed by atoms with Crippen LogP contribution >= 0.6 is 15.9 Å². The molecule has 20 heavy (non-hydrogen) atoms. The third-order valence-electron chi connectivity index (χ3n) is 3.29. The zero-order chi connectivity index (χ0) is 14.1. The van der Waals surface area contributed by atoms with E-state index >= 15 is 0 Å². The molecule has 102 valence electrons. The summed E-state index contributed by atoms with van der Waals surface area (Å²) in [6, 6.07) is 9.21. The zero-order valence-electron chi connectivity index (χ0n) is 10.8. The number of hydrogen-bond donors (Lipinski definition) is 0. The predicted molar refractivity (Wildman–Crippen MR) is 76.8 cm³/mol. The van der Waals surface area contributed by atoms with Gasteiger partial charge in [-0.3, -0.25) is 0 Å². The van der Waals surface area contributed by atoms with Crippen molar-refractivity contribution < 1.29 is 14.3 Å². The molecule has 1 aromatic heterocycles. The van der Waals surface area contributed by atoms with E-state index in [0.717, 1.165) is 21.5 Å². The second kappa shape index (κ2) is 5.25. The van der Waals surface area contributed by atoms with E-state index in [1.54, 1.807) is 12.3 Å². The minimum Gasteiger partial charge on any atom is -0.485 e. The average Bonchev–Trinajstić information content (AvgIpc) is 2.89. The second-order valence-corrected chi connectivity index (χ2v) is 5.26. The number of aromatic nitrogens is 1. The monoisotopic (exact) mass is 333 g/mol. The summed E-state index contributed by atoms with van der Waals surface area (Å²) in [5.41, 5.74) is 2.55. The Morgan fingerprint density at radius 2 is 2.30 bits per heavy atom. The molecule has 1 atom stereocenters. The van der Waals surface area contributed by atoms with Crippen molar-refractivity contribution in [3.63, 3.8) is 0 Å². The molecule has 1 aliphatic rings. The summed E-state index contributed by atoms with van der Waals surface area (Å²) in [6.45, 7) is 0. The molecule has 2 aromatic rings. The lowest BCUT2D eigenvalue weighted by Crippen LogP contribution is -2.04. The van der Waals surface area contributed by atoms with Crippen LogP contribution in [0.15, 0.2) is 41.1 Å². The number of hydrogen-bond acceptors (Lipinski definition) is 4. The van der Waals surface area contributed by atoms with E-state index in [-0.39, 0.29) is 12.1 Å². The van der Waals surface area contributed by atoms with Gasteiger partial charge < -0.3 is 9.47 Å². The summed E-state index contributed by atoms with van der Waals surface area (Å²) in [5, 5.41) is 0. The summed E-state index contributed by atoms with van der Waals surface area (Å²) in [7, 11) is 1.38. The number of methoxy groups -OCH3 is 1. The van der Waals surface area contributed by atoms with Gasteiger partial charge in [-0.05, 0) is 45.8 Å². The van der Waals surface area contributed by atoms with Gasteiger partial charge >= 0.3 is 5.97 Å². The van der Waals surface area contributed by atoms with Crippen LogP contribution in [0.2, 0.25) is 0 Å². The molecule has 4 nitrogen and oxygen atoms in total. The number of fused-ring (bicyclic) bond motifs is 1. The maximum Gasteiger partial charge on any atom is 0.337 e. The molecular formula is C15H12BrNO3. The molecule has 0 fully saturated rings. The van der Waals surface area contributed by atoms with E-state index < -0.39 is 0 Å². The minimum absolute atomic E-state index is 0.0824. The van der Waals surface area contributed by atoms with Crippen LogP contribution in [0.3, 0.4) is 0 Å². The Hall–Kier alpha value is -1.88. The van der Waals surface area contributed by atoms with Crippen molar-refractivity contribution in [3.8, 4) is 5.75 Å². The Morgan fingerprint density at radius 1 is 1.45 bits per heavy atom. The highest BCUT2D eigenvalue weighted by atomic mass is 79.9. The topological polar surface area (TPSA) is 48.4 Å². The van der Waals surface area contributed by atoms with E-state index in [9.17, 15) is 4.79 Å². The molecule has 0 radical (unpaired) electrons. The number of halogens is 1. The fraction of sp³-hybridized carbons (Fsp3) is 0.200. The molecule has 1 aliphatic heterocycles. The van der Waals surface area contributed by atoms with E-state index in [1.165, 1.54) is 7.11 Å². The van der Waals surface area contributed by atoms with Crippen LogP contribution in [-0.2, 0) is 11.2 Å². The minimum atomic E-state index is -0.334. The van der Waals surface area contributed by atoms with E-state index in [0.29, 0.717) is 12.0 Å². The molecule has 5 heteroatoms. The molecule has 2 heterocycles. The van der Waals surface area contributed by atoms with Crippen LogP contribution < -0.4 is 4.74 Å². The highest BCUT2D eigenvalue weighted by Gasteiger charge is 2.27. The SMILES string of the molecule is COC(=O)c1ccc2c(c1)C[C@H](c1cccnc1Br)O2. The standard InChI is InChI=1S/C15H12BrNO3/c1-19-15(18)9-4-5-12-10(7-9)8-13(20-12)11-3-2-6-17-14(11)16/h2-7,13H,8H2,1H3/t13-/m1/s1. The van der Waals surface area contributed by atoms with Crippen molar-refractivity contribution in [1.82, 2.24) is 4.98 Å². The van der Waals surface area contributed by atoms with Crippen molar-refractivity contribution >= 4 is 21.9 Å². The van der Waals surface area contributed by atoms with Crippen LogP contribution in [0.25, 0.3) is 0 Å². The van der Waals surface area contributed by atoms with Gasteiger partial charge in [0.25, 0.3) is 0 Å². The zero-order valence-corrected chi connectivity index (χ0v) is 12.4. The Bertz CT molecular complexity index is 672. The Morgan fingerprint density at radius 3 is 3.05 bits per heavy atom. The van der Waals surface area contributed by atoms with E-state index in [2.05, 4.69) is 20.9 Å². The summed E-state index contributed by atoms with van der Waals surface area (Å²) in [5.74, 6) is 0.470. The van der Waals surface area contributed by atoms with Gasteiger partial charge in [0.15, 0.2) is 0 Å². The van der Waals surface area contributed by atoms with Gasteiger partial charge in [0, 0.05) is 18.2 Å². The fourth-order valence-electron chi connectivity index (χ4n) is 2.31. The highest BCUT2D eigenvalue weighted by molar-refractivity contribution is 9.10. The third-order valence-corrected chi connectivity index (χ3v) is 3.95. The second-order valence-electron chi connectivity index (χ2n) is 4.51. The first-order chi connectivity index (χ1) is 9.69. The van der Waals surface area contributed by atoms with Crippen LogP contribution in [0, 0.1) is 0 Å². The van der Waals surface area contributed by atoms with Gasteiger partial charge in [-0.2, -0.15) is 0 Å². The van der Waals surface area contributed by atoms with Crippen molar-refractivity contribution in [1.29, 1.82) is 0 Å². The molecule has 0 bridgehead atoms. The third kappa shape index (κ3) is 2.29. The van der Waals surface area contributed by atoms with Crippen LogP contribution in [0.4, 0.5) is 0 Å². The predicted octanol–water partition coefficient (Wildman–Crippen LogP) is 3.31. The Kier molecular flexibility index (Phi) is 3.44. The van der Waals surface area contributed by atoms with Crippen molar-refractivity contribution in [2.45, 2.75) is 12.5 Å². The maximum absolute atomic E-state index is 11.5. The number of pyridine rings is 1. The lowest BCUT2D eigenvalue weighted by molar-refractivity contribution is 0.0600. The molecule has 1 aromatic carbocycles. The van der Waals surface area contributed by atoms with Crippen LogP contribution in [0.1, 0.15) is 27.6 Å². The number of esters is 1. The van der Waals surface area contributed by atoms with Crippen molar-refractivity contribution in [2.24, 2.45) is 0 Å². The molecule has 0 spiro atoms. The number of rotatable bonds is 2. The molecule has 0 saturated heterocycles. The van der Waals surface area contributed by atoms with Gasteiger partial charge in [-0.15, -0.1) is 0 Å². The first kappa shape index (κ1) is 13.1. The molecule has 0 unspecified atom stereocenters. The van der Waals surface area contributed by atoms with Gasteiger partial charge in [0.2, 0.25) is 0 Å². The van der Waals surface area contributed by atoms with E-state index in [4.69, 9.17) is 9.47 Å². The highest BCUT2D eigenvalue weighted by Crippen LogP contribution is 2.38. The smallest absolute Gasteiger partial charge is 0.337 e. The molecule has 0 saturated carbocycles. The van der Waals surface area contributed by atoms with Gasteiger partial charge in [0.1, 0.15) is 16.5 Å². The number of carbonyl (C=O) groups excluding carboxylic acids is 1. The van der Waals surface area contributed by atoms with Crippen LogP contribution in [-0.4, -0.2) is 18.1 Å². The first-order valence-electron chi connectivity index (χ1n) is 6.17. The maximum atomic E-state index is 11.5. The quantitative estimate of drug-likeness (QED) is 0.625. The fourth-order valence-corrected chi connectivity index (χ4v) is 2.81. The first-order valence-corrected chi connectivity index (χ1v) is 6.96. The lowest BCUT2D eigenvalue weighted by atomic mass is 10.0. The number of nitrogens with zero attached hydrogens (tertiary/aromatic N) is 1. The summed E-state index contributed by atoms with van der Waals surface area (Å²) in [6.07, 6.45) is 2.36. The van der Waals surface area contributed by atoms with Crippen LogP contribution in [0.5, 0.6) is 5.75 Å².